The van der Waals surface area contributed by atoms with Gasteiger partial charge in [-0.25, -0.2) is 9.97 Å². The highest BCUT2D eigenvalue weighted by Crippen LogP contribution is 2.21. The highest BCUT2D eigenvalue weighted by molar-refractivity contribution is 6.07. The van der Waals surface area contributed by atoms with E-state index in [1.165, 1.54) is 0 Å². The van der Waals surface area contributed by atoms with Crippen molar-refractivity contribution in [3.63, 3.8) is 0 Å². The van der Waals surface area contributed by atoms with Gasteiger partial charge in [-0.1, -0.05) is 18.2 Å². The Labute approximate surface area is 98.4 Å². The molecule has 84 valence electrons. The average Bonchev–Trinajstić information content (AvgIpc) is 2.28. The fraction of sp³-hybridized carbons (Fsp3) is 0.143. The summed E-state index contributed by atoms with van der Waals surface area (Å²) in [6.07, 6.45) is 0. The lowest BCUT2D eigenvalue weighted by molar-refractivity contribution is 0.499. The molecular formula is C14H12N2O. The summed E-state index contributed by atoms with van der Waals surface area (Å²) in [5.41, 5.74) is 1.75. The topological polar surface area (TPSA) is 46.0 Å². The highest BCUT2D eigenvalue weighted by atomic mass is 16.3. The molecular weight excluding hydrogens is 212 g/mol. The van der Waals surface area contributed by atoms with Crippen LogP contribution in [0.1, 0.15) is 12.7 Å². The minimum atomic E-state index is 0.287. The lowest BCUT2D eigenvalue weighted by atomic mass is 10.1. The van der Waals surface area contributed by atoms with Gasteiger partial charge in [-0.05, 0) is 31.4 Å². The molecule has 3 nitrogen and oxygen atoms in total. The first kappa shape index (κ1) is 10.0. The molecule has 0 saturated heterocycles. The molecule has 0 spiro atoms. The van der Waals surface area contributed by atoms with E-state index in [9.17, 15) is 5.11 Å². The van der Waals surface area contributed by atoms with Crippen LogP contribution in [0.3, 0.4) is 0 Å². The lowest BCUT2D eigenvalue weighted by Crippen LogP contribution is -2.09. The van der Waals surface area contributed by atoms with Crippen molar-refractivity contribution >= 4 is 27.6 Å². The number of benzene rings is 2. The summed E-state index contributed by atoms with van der Waals surface area (Å²) in [6.45, 7) is 3.54. The van der Waals surface area contributed by atoms with Crippen LogP contribution in [0.25, 0.3) is 27.6 Å². The summed E-state index contributed by atoms with van der Waals surface area (Å²) in [6, 6.07) is 9.88. The van der Waals surface area contributed by atoms with Gasteiger partial charge in [0.1, 0.15) is 5.82 Å². The maximum absolute atomic E-state index is 9.71. The molecule has 2 aromatic carbocycles. The molecule has 0 unspecified atom stereocenters. The largest absolute Gasteiger partial charge is 0.512 e. The van der Waals surface area contributed by atoms with Gasteiger partial charge in [0.05, 0.1) is 16.8 Å². The standard InChI is InChI=1S/C14H12N2O/c1-8(17)11-7-6-10-4-3-5-12-13(10)14(11)16-9(2)15-12/h3-7,17H,1-2H3. The summed E-state index contributed by atoms with van der Waals surface area (Å²) in [4.78, 5) is 8.88. The van der Waals surface area contributed by atoms with Gasteiger partial charge in [-0.2, -0.15) is 0 Å². The van der Waals surface area contributed by atoms with Crippen molar-refractivity contribution < 1.29 is 5.11 Å². The van der Waals surface area contributed by atoms with Crippen LogP contribution in [0.2, 0.25) is 0 Å². The second-order valence-electron chi connectivity index (χ2n) is 4.19. The van der Waals surface area contributed by atoms with Crippen LogP contribution in [0, 0.1) is 6.92 Å². The van der Waals surface area contributed by atoms with Crippen molar-refractivity contribution in [1.29, 1.82) is 0 Å². The molecule has 3 aromatic rings. The van der Waals surface area contributed by atoms with Gasteiger partial charge in [-0.3, -0.25) is 0 Å². The third-order valence-electron chi connectivity index (χ3n) is 2.94. The zero-order valence-corrected chi connectivity index (χ0v) is 9.73. The SMILES string of the molecule is CC(O)=c1ccc2cccc3nc(C)nc1c23. The fourth-order valence-corrected chi connectivity index (χ4v) is 2.20. The number of aryl methyl sites for hydroxylation is 1. The molecule has 1 N–H and O–H groups in total. The fourth-order valence-electron chi connectivity index (χ4n) is 2.20. The molecule has 0 fully saturated rings. The first-order chi connectivity index (χ1) is 8.16. The van der Waals surface area contributed by atoms with Crippen LogP contribution in [0.5, 0.6) is 0 Å². The Balaban J connectivity index is 2.72. The van der Waals surface area contributed by atoms with Crippen LogP contribution in [0.15, 0.2) is 30.3 Å². The number of aromatic nitrogens is 2. The number of hydrogen-bond acceptors (Lipinski definition) is 3. The maximum atomic E-state index is 9.71. The molecule has 1 heterocycles. The van der Waals surface area contributed by atoms with Crippen molar-refractivity contribution in [2.45, 2.75) is 13.8 Å². The minimum Gasteiger partial charge on any atom is -0.512 e. The van der Waals surface area contributed by atoms with E-state index in [1.807, 2.05) is 37.3 Å². The minimum absolute atomic E-state index is 0.287. The number of aliphatic hydroxyl groups is 1. The number of nitrogens with zero attached hydrogens (tertiary/aromatic N) is 2. The summed E-state index contributed by atoms with van der Waals surface area (Å²) in [7, 11) is 0. The van der Waals surface area contributed by atoms with E-state index in [4.69, 9.17) is 0 Å². The van der Waals surface area contributed by atoms with Gasteiger partial charge in [0, 0.05) is 10.6 Å². The van der Waals surface area contributed by atoms with Crippen molar-refractivity contribution in [1.82, 2.24) is 9.97 Å². The molecule has 0 amide bonds. The Hall–Kier alpha value is -2.16. The van der Waals surface area contributed by atoms with Crippen LogP contribution in [-0.4, -0.2) is 15.1 Å². The Morgan fingerprint density at radius 3 is 2.71 bits per heavy atom. The molecule has 3 heteroatoms. The number of hydrogen-bond donors (Lipinski definition) is 1. The van der Waals surface area contributed by atoms with Crippen molar-refractivity contribution in [3.05, 3.63) is 41.4 Å². The van der Waals surface area contributed by atoms with Crippen LogP contribution in [0.4, 0.5) is 0 Å². The molecule has 0 radical (unpaired) electrons. The first-order valence-corrected chi connectivity index (χ1v) is 5.52. The van der Waals surface area contributed by atoms with Crippen molar-refractivity contribution in [3.8, 4) is 0 Å². The van der Waals surface area contributed by atoms with E-state index in [-0.39, 0.29) is 5.76 Å². The Kier molecular flexibility index (Phi) is 2.01. The molecule has 17 heavy (non-hydrogen) atoms. The van der Waals surface area contributed by atoms with E-state index in [2.05, 4.69) is 9.97 Å². The lowest BCUT2D eigenvalue weighted by Gasteiger charge is -2.06. The second-order valence-corrected chi connectivity index (χ2v) is 4.19. The van der Waals surface area contributed by atoms with Gasteiger partial charge >= 0.3 is 0 Å². The molecule has 1 aromatic heterocycles. The maximum Gasteiger partial charge on any atom is 0.126 e. The number of aliphatic hydroxyl groups excluding tert-OH is 1. The summed E-state index contributed by atoms with van der Waals surface area (Å²) < 4.78 is 0. The van der Waals surface area contributed by atoms with Gasteiger partial charge < -0.3 is 5.11 Å². The first-order valence-electron chi connectivity index (χ1n) is 5.52. The third kappa shape index (κ3) is 1.43. The summed E-state index contributed by atoms with van der Waals surface area (Å²) >= 11 is 0. The zero-order chi connectivity index (χ0) is 12.0. The Bertz CT molecular complexity index is 774. The molecule has 0 bridgehead atoms. The smallest absolute Gasteiger partial charge is 0.126 e. The molecule has 0 saturated carbocycles. The second kappa shape index (κ2) is 3.42. The Morgan fingerprint density at radius 1 is 1.12 bits per heavy atom. The Morgan fingerprint density at radius 2 is 1.94 bits per heavy atom. The average molecular weight is 224 g/mol. The van der Waals surface area contributed by atoms with E-state index in [0.717, 1.165) is 32.8 Å². The van der Waals surface area contributed by atoms with Gasteiger partial charge in [0.25, 0.3) is 0 Å². The van der Waals surface area contributed by atoms with Gasteiger partial charge in [0.15, 0.2) is 0 Å². The van der Waals surface area contributed by atoms with Crippen LogP contribution < -0.4 is 5.22 Å². The quantitative estimate of drug-likeness (QED) is 0.638. The zero-order valence-electron chi connectivity index (χ0n) is 9.73. The summed E-state index contributed by atoms with van der Waals surface area (Å²) in [5.74, 6) is 1.01. The highest BCUT2D eigenvalue weighted by Gasteiger charge is 2.07. The number of rotatable bonds is 0. The predicted molar refractivity (Wildman–Crippen MR) is 68.7 cm³/mol. The van der Waals surface area contributed by atoms with Gasteiger partial charge in [-0.15, -0.1) is 0 Å². The van der Waals surface area contributed by atoms with E-state index < -0.39 is 0 Å². The van der Waals surface area contributed by atoms with E-state index in [0.29, 0.717) is 0 Å². The predicted octanol–water partition coefficient (Wildman–Crippen LogP) is 2.50. The molecule has 0 aliphatic carbocycles. The van der Waals surface area contributed by atoms with Crippen LogP contribution >= 0.6 is 0 Å². The van der Waals surface area contributed by atoms with Crippen molar-refractivity contribution in [2.75, 3.05) is 0 Å². The molecule has 3 rings (SSSR count). The van der Waals surface area contributed by atoms with Crippen molar-refractivity contribution in [2.24, 2.45) is 0 Å². The molecule has 0 aliphatic heterocycles. The van der Waals surface area contributed by atoms with Gasteiger partial charge in [0.2, 0.25) is 0 Å². The monoisotopic (exact) mass is 224 g/mol. The van der Waals surface area contributed by atoms with Crippen LogP contribution in [-0.2, 0) is 0 Å². The molecule has 0 aliphatic rings. The molecule has 0 atom stereocenters. The third-order valence-corrected chi connectivity index (χ3v) is 2.94. The van der Waals surface area contributed by atoms with E-state index in [1.54, 1.807) is 6.92 Å². The summed E-state index contributed by atoms with van der Waals surface area (Å²) in [5, 5.41) is 12.6. The van der Waals surface area contributed by atoms with E-state index >= 15 is 0 Å². The normalized spacial score (nSPS) is 13.3.